The van der Waals surface area contributed by atoms with E-state index in [1.54, 1.807) is 0 Å². The van der Waals surface area contributed by atoms with Crippen LogP contribution < -0.4 is 10.1 Å². The Morgan fingerprint density at radius 3 is 2.39 bits per heavy atom. The first-order chi connectivity index (χ1) is 8.28. The van der Waals surface area contributed by atoms with Crippen molar-refractivity contribution in [1.29, 1.82) is 0 Å². The summed E-state index contributed by atoms with van der Waals surface area (Å²) >= 11 is 0. The Morgan fingerprint density at radius 1 is 1.17 bits per heavy atom. The highest BCUT2D eigenvalue weighted by molar-refractivity contribution is 5.30. The molecule has 0 fully saturated rings. The summed E-state index contributed by atoms with van der Waals surface area (Å²) in [5.74, 6) is 0.951. The average Bonchev–Trinajstić information content (AvgIpc) is 2.24. The molecule has 0 bridgehead atoms. The van der Waals surface area contributed by atoms with Gasteiger partial charge in [0.1, 0.15) is 5.75 Å². The second-order valence-electron chi connectivity index (χ2n) is 6.40. The zero-order valence-corrected chi connectivity index (χ0v) is 12.6. The number of benzene rings is 1. The van der Waals surface area contributed by atoms with Crippen LogP contribution in [0.25, 0.3) is 0 Å². The summed E-state index contributed by atoms with van der Waals surface area (Å²) in [6, 6.07) is 8.69. The van der Waals surface area contributed by atoms with Gasteiger partial charge < -0.3 is 10.1 Å². The van der Waals surface area contributed by atoms with Gasteiger partial charge >= 0.3 is 0 Å². The predicted octanol–water partition coefficient (Wildman–Crippen LogP) is 4.17. The van der Waals surface area contributed by atoms with E-state index < -0.39 is 0 Å². The number of hydrogen-bond acceptors (Lipinski definition) is 2. The minimum atomic E-state index is 0.220. The fourth-order valence-corrected chi connectivity index (χ4v) is 1.71. The predicted molar refractivity (Wildman–Crippen MR) is 78.1 cm³/mol. The molecule has 0 aliphatic heterocycles. The van der Waals surface area contributed by atoms with Gasteiger partial charge in [-0.1, -0.05) is 32.9 Å². The second-order valence-corrected chi connectivity index (χ2v) is 6.40. The maximum atomic E-state index is 5.72. The van der Waals surface area contributed by atoms with Crippen molar-refractivity contribution in [2.45, 2.75) is 53.7 Å². The molecule has 0 radical (unpaired) electrons. The molecule has 0 spiro atoms. The third kappa shape index (κ3) is 5.54. The van der Waals surface area contributed by atoms with E-state index in [2.05, 4.69) is 51.2 Å². The summed E-state index contributed by atoms with van der Waals surface area (Å²) in [5.41, 5.74) is 1.58. The van der Waals surface area contributed by atoms with Gasteiger partial charge in [-0.2, -0.15) is 0 Å². The van der Waals surface area contributed by atoms with Crippen molar-refractivity contribution in [3.8, 4) is 5.75 Å². The molecule has 0 aliphatic carbocycles. The van der Waals surface area contributed by atoms with Gasteiger partial charge in [0.15, 0.2) is 0 Å². The monoisotopic (exact) mass is 249 g/mol. The SMILES string of the molecule is CC(C)Oc1cccc(C(C)NCC(C)(C)C)c1. The molecule has 0 aliphatic rings. The molecular formula is C16H27NO. The van der Waals surface area contributed by atoms with E-state index >= 15 is 0 Å². The van der Waals surface area contributed by atoms with Gasteiger partial charge in [-0.25, -0.2) is 0 Å². The average molecular weight is 249 g/mol. The van der Waals surface area contributed by atoms with Gasteiger partial charge in [0.05, 0.1) is 6.10 Å². The molecule has 1 unspecified atom stereocenters. The van der Waals surface area contributed by atoms with Crippen LogP contribution in [-0.4, -0.2) is 12.6 Å². The molecule has 102 valence electrons. The van der Waals surface area contributed by atoms with Crippen molar-refractivity contribution in [2.75, 3.05) is 6.54 Å². The highest BCUT2D eigenvalue weighted by Gasteiger charge is 2.13. The Labute approximate surface area is 112 Å². The number of ether oxygens (including phenoxy) is 1. The molecule has 1 N–H and O–H groups in total. The Morgan fingerprint density at radius 2 is 1.83 bits per heavy atom. The second kappa shape index (κ2) is 6.24. The number of nitrogens with one attached hydrogen (secondary N) is 1. The molecule has 0 saturated heterocycles. The first-order valence-electron chi connectivity index (χ1n) is 6.78. The topological polar surface area (TPSA) is 21.3 Å². The van der Waals surface area contributed by atoms with Crippen molar-refractivity contribution in [3.63, 3.8) is 0 Å². The summed E-state index contributed by atoms with van der Waals surface area (Å²) in [4.78, 5) is 0. The van der Waals surface area contributed by atoms with Crippen molar-refractivity contribution in [1.82, 2.24) is 5.32 Å². The number of rotatable bonds is 5. The highest BCUT2D eigenvalue weighted by Crippen LogP contribution is 2.21. The van der Waals surface area contributed by atoms with Gasteiger partial charge in [0.2, 0.25) is 0 Å². The molecule has 0 aromatic heterocycles. The Bertz CT molecular complexity index is 366. The Balaban J connectivity index is 2.65. The Hall–Kier alpha value is -1.02. The summed E-state index contributed by atoms with van der Waals surface area (Å²) < 4.78 is 5.72. The van der Waals surface area contributed by atoms with Crippen LogP contribution in [0.4, 0.5) is 0 Å². The highest BCUT2D eigenvalue weighted by atomic mass is 16.5. The van der Waals surface area contributed by atoms with E-state index in [0.717, 1.165) is 12.3 Å². The normalized spacial score (nSPS) is 13.7. The summed E-state index contributed by atoms with van der Waals surface area (Å²) in [6.45, 7) is 14.0. The molecule has 1 aromatic carbocycles. The maximum Gasteiger partial charge on any atom is 0.120 e. The van der Waals surface area contributed by atoms with E-state index in [1.165, 1.54) is 5.56 Å². The third-order valence-electron chi connectivity index (χ3n) is 2.67. The largest absolute Gasteiger partial charge is 0.491 e. The van der Waals surface area contributed by atoms with Gasteiger partial charge in [-0.05, 0) is 43.9 Å². The number of hydrogen-bond donors (Lipinski definition) is 1. The van der Waals surface area contributed by atoms with E-state index in [1.807, 2.05) is 19.9 Å². The van der Waals surface area contributed by atoms with Gasteiger partial charge in [-0.15, -0.1) is 0 Å². The molecule has 2 nitrogen and oxygen atoms in total. The molecule has 0 heterocycles. The standard InChI is InChI=1S/C16H27NO/c1-12(2)18-15-9-7-8-14(10-15)13(3)17-11-16(4,5)6/h7-10,12-13,17H,11H2,1-6H3. The van der Waals surface area contributed by atoms with Crippen molar-refractivity contribution >= 4 is 0 Å². The van der Waals surface area contributed by atoms with Crippen molar-refractivity contribution in [2.24, 2.45) is 5.41 Å². The third-order valence-corrected chi connectivity index (χ3v) is 2.67. The molecule has 18 heavy (non-hydrogen) atoms. The van der Waals surface area contributed by atoms with Gasteiger partial charge in [-0.3, -0.25) is 0 Å². The summed E-state index contributed by atoms with van der Waals surface area (Å²) in [5, 5.41) is 3.56. The molecule has 2 heteroatoms. The Kier molecular flexibility index (Phi) is 5.21. The van der Waals surface area contributed by atoms with Gasteiger partial charge in [0, 0.05) is 12.6 Å². The quantitative estimate of drug-likeness (QED) is 0.845. The molecular weight excluding hydrogens is 222 g/mol. The minimum Gasteiger partial charge on any atom is -0.491 e. The van der Waals surface area contributed by atoms with Crippen molar-refractivity contribution < 1.29 is 4.74 Å². The van der Waals surface area contributed by atoms with Crippen LogP contribution in [0.3, 0.4) is 0 Å². The van der Waals surface area contributed by atoms with Crippen LogP contribution >= 0.6 is 0 Å². The molecule has 0 amide bonds. The first-order valence-corrected chi connectivity index (χ1v) is 6.78. The summed E-state index contributed by atoms with van der Waals surface area (Å²) in [6.07, 6.45) is 0.220. The maximum absolute atomic E-state index is 5.72. The van der Waals surface area contributed by atoms with E-state index in [-0.39, 0.29) is 6.10 Å². The van der Waals surface area contributed by atoms with E-state index in [0.29, 0.717) is 11.5 Å². The van der Waals surface area contributed by atoms with E-state index in [9.17, 15) is 0 Å². The van der Waals surface area contributed by atoms with Crippen LogP contribution in [0.1, 0.15) is 53.1 Å². The minimum absolute atomic E-state index is 0.220. The fourth-order valence-electron chi connectivity index (χ4n) is 1.71. The zero-order valence-electron chi connectivity index (χ0n) is 12.6. The molecule has 1 rings (SSSR count). The van der Waals surface area contributed by atoms with E-state index in [4.69, 9.17) is 4.74 Å². The van der Waals surface area contributed by atoms with Crippen LogP contribution in [0.15, 0.2) is 24.3 Å². The molecule has 0 saturated carbocycles. The van der Waals surface area contributed by atoms with Crippen LogP contribution in [-0.2, 0) is 0 Å². The molecule has 1 atom stereocenters. The van der Waals surface area contributed by atoms with Crippen molar-refractivity contribution in [3.05, 3.63) is 29.8 Å². The van der Waals surface area contributed by atoms with Crippen LogP contribution in [0.5, 0.6) is 5.75 Å². The van der Waals surface area contributed by atoms with Gasteiger partial charge in [0.25, 0.3) is 0 Å². The molecule has 1 aromatic rings. The summed E-state index contributed by atoms with van der Waals surface area (Å²) in [7, 11) is 0. The lowest BCUT2D eigenvalue weighted by molar-refractivity contribution is 0.242. The lowest BCUT2D eigenvalue weighted by Gasteiger charge is -2.23. The van der Waals surface area contributed by atoms with Crippen LogP contribution in [0, 0.1) is 5.41 Å². The van der Waals surface area contributed by atoms with Crippen LogP contribution in [0.2, 0.25) is 0 Å². The fraction of sp³-hybridized carbons (Fsp3) is 0.625. The smallest absolute Gasteiger partial charge is 0.120 e. The lowest BCUT2D eigenvalue weighted by Crippen LogP contribution is -2.29. The first kappa shape index (κ1) is 15.0. The zero-order chi connectivity index (χ0) is 13.8. The lowest BCUT2D eigenvalue weighted by atomic mass is 9.96.